The van der Waals surface area contributed by atoms with E-state index < -0.39 is 74.0 Å². The van der Waals surface area contributed by atoms with Gasteiger partial charge in [0.1, 0.15) is 36.6 Å². The Balaban J connectivity index is 1.28. The van der Waals surface area contributed by atoms with Gasteiger partial charge in [-0.05, 0) is 111 Å². The Hall–Kier alpha value is -4.66. The lowest BCUT2D eigenvalue weighted by molar-refractivity contribution is -0.130. The first-order valence-corrected chi connectivity index (χ1v) is 22.6. The molecular formula is C44H67ClN10O12. The molecule has 0 fully saturated rings. The molecule has 1 aliphatic carbocycles. The Morgan fingerprint density at radius 2 is 1.28 bits per heavy atom. The van der Waals surface area contributed by atoms with Crippen LogP contribution in [0.15, 0.2) is 41.4 Å². The molecule has 2 amide bonds. The number of aliphatic hydroxyl groups is 10. The van der Waals surface area contributed by atoms with Crippen LogP contribution in [0.5, 0.6) is 0 Å². The Morgan fingerprint density at radius 3 is 1.87 bits per heavy atom. The molecule has 1 aliphatic rings. The molecule has 67 heavy (non-hydrogen) atoms. The number of halogens is 1. The zero-order chi connectivity index (χ0) is 49.4. The van der Waals surface area contributed by atoms with Crippen molar-refractivity contribution in [1.29, 1.82) is 0 Å². The first-order valence-electron chi connectivity index (χ1n) is 22.2. The highest BCUT2D eigenvalue weighted by atomic mass is 35.5. The molecule has 1 aromatic heterocycles. The van der Waals surface area contributed by atoms with Crippen LogP contribution in [-0.4, -0.2) is 178 Å². The second kappa shape index (κ2) is 26.8. The van der Waals surface area contributed by atoms with Gasteiger partial charge in [0, 0.05) is 25.3 Å². The average molecular weight is 964 g/mol. The number of rotatable bonds is 26. The molecule has 0 radical (unpaired) electrons. The lowest BCUT2D eigenvalue weighted by atomic mass is 9.82. The van der Waals surface area contributed by atoms with Gasteiger partial charge in [0.15, 0.2) is 28.4 Å². The number of unbranched alkanes of at least 4 members (excludes halogenated alkanes) is 1. The predicted octanol–water partition coefficient (Wildman–Crippen LogP) is -3.14. The van der Waals surface area contributed by atoms with Crippen LogP contribution in [-0.2, 0) is 36.9 Å². The van der Waals surface area contributed by atoms with Crippen molar-refractivity contribution < 1.29 is 60.7 Å². The van der Waals surface area contributed by atoms with E-state index >= 15 is 0 Å². The number of nitrogens with zero attached hydrogens (tertiary/aromatic N) is 4. The fourth-order valence-corrected chi connectivity index (χ4v) is 7.97. The van der Waals surface area contributed by atoms with Crippen molar-refractivity contribution in [2.24, 2.45) is 16.5 Å². The van der Waals surface area contributed by atoms with Crippen LogP contribution < -0.4 is 33.6 Å². The predicted molar refractivity (Wildman–Crippen MR) is 250 cm³/mol. The zero-order valence-electron chi connectivity index (χ0n) is 37.2. The minimum absolute atomic E-state index is 0.0962. The van der Waals surface area contributed by atoms with Crippen molar-refractivity contribution in [3.63, 3.8) is 0 Å². The fourth-order valence-electron chi connectivity index (χ4n) is 7.85. The number of carbonyl (C=O) groups is 2. The van der Waals surface area contributed by atoms with Gasteiger partial charge in [0.25, 0.3) is 5.91 Å². The molecular weight excluding hydrogens is 896 g/mol. The number of aliphatic imine (C=N–C) groups is 1. The summed E-state index contributed by atoms with van der Waals surface area (Å²) < 4.78 is 0. The van der Waals surface area contributed by atoms with Crippen LogP contribution in [0.2, 0.25) is 5.15 Å². The second-order valence-electron chi connectivity index (χ2n) is 16.8. The molecule has 0 unspecified atom stereocenters. The van der Waals surface area contributed by atoms with Crippen LogP contribution in [0.3, 0.4) is 0 Å². The van der Waals surface area contributed by atoms with Crippen LogP contribution in [0.4, 0.5) is 17.3 Å². The number of aryl methyl sites for hydroxylation is 2. The highest BCUT2D eigenvalue weighted by molar-refractivity contribution is 6.31. The van der Waals surface area contributed by atoms with Gasteiger partial charge in [-0.25, -0.2) is 9.97 Å². The normalized spacial score (nSPS) is 17.1. The van der Waals surface area contributed by atoms with E-state index in [4.69, 9.17) is 44.7 Å². The standard InChI is InChI=1S/C44H67ClN10O12/c45-39-41(48)53-40(47)34(52-39)43(67)54-44(49)50-16-4-3-7-24-12-13-25(28-9-2-1-8-27(24)28)18-29(46)42(66)51-26-14-10-23(11-15-26)6-5-17-55(19-30(58)35(62)37(64)32(60)21-56)20-31(59)36(63)38(65)33(61)22-57/h10-15,29-33,35-38,56-65H,1-9,16-22,46H2,(H,51,66)(H4,47,48,53)(H3,49,50,54,67)/t29-,30-,31-,32+,33+,35+,36+,37+,38+/m0/s1. The summed E-state index contributed by atoms with van der Waals surface area (Å²) in [7, 11) is 0. The van der Waals surface area contributed by atoms with E-state index in [1.165, 1.54) is 21.6 Å². The number of aliphatic hydroxyl groups excluding tert-OH is 10. The molecule has 0 saturated carbocycles. The number of carbonyl (C=O) groups excluding carboxylic acids is 2. The number of nitrogen functional groups attached to an aromatic ring is 2. The van der Waals surface area contributed by atoms with Crippen LogP contribution in [0, 0.1) is 0 Å². The maximum absolute atomic E-state index is 13.3. The number of aromatic nitrogens is 2. The summed E-state index contributed by atoms with van der Waals surface area (Å²) in [6, 6.07) is 10.4. The molecule has 0 spiro atoms. The second-order valence-corrected chi connectivity index (χ2v) is 17.2. The third-order valence-corrected chi connectivity index (χ3v) is 12.0. The van der Waals surface area contributed by atoms with Crippen LogP contribution in [0.25, 0.3) is 0 Å². The maximum Gasteiger partial charge on any atom is 0.280 e. The van der Waals surface area contributed by atoms with Crippen molar-refractivity contribution in [3.8, 4) is 0 Å². The van der Waals surface area contributed by atoms with Gasteiger partial charge in [0.05, 0.1) is 31.5 Å². The highest BCUT2D eigenvalue weighted by Gasteiger charge is 2.34. The summed E-state index contributed by atoms with van der Waals surface area (Å²) in [6.07, 6.45) is -6.87. The number of amides is 2. The maximum atomic E-state index is 13.3. The minimum atomic E-state index is -1.89. The zero-order valence-corrected chi connectivity index (χ0v) is 38.0. The van der Waals surface area contributed by atoms with E-state index in [-0.39, 0.29) is 54.0 Å². The van der Waals surface area contributed by atoms with Crippen molar-refractivity contribution in [2.75, 3.05) is 56.2 Å². The molecule has 2 aromatic carbocycles. The summed E-state index contributed by atoms with van der Waals surface area (Å²) in [5.41, 5.74) is 29.7. The molecule has 0 saturated heterocycles. The number of anilines is 3. The van der Waals surface area contributed by atoms with Gasteiger partial charge in [-0.1, -0.05) is 35.9 Å². The van der Waals surface area contributed by atoms with Crippen molar-refractivity contribution >= 4 is 46.7 Å². The average Bonchev–Trinajstić information content (AvgIpc) is 3.31. The molecule has 372 valence electrons. The van der Waals surface area contributed by atoms with Crippen molar-refractivity contribution in [2.45, 2.75) is 119 Å². The van der Waals surface area contributed by atoms with Crippen molar-refractivity contribution in [3.05, 3.63) is 75.1 Å². The molecule has 22 nitrogen and oxygen atoms in total. The third kappa shape index (κ3) is 16.2. The number of guanidine groups is 1. The van der Waals surface area contributed by atoms with E-state index in [0.29, 0.717) is 37.9 Å². The van der Waals surface area contributed by atoms with Crippen LogP contribution in [0.1, 0.15) is 70.4 Å². The van der Waals surface area contributed by atoms with E-state index in [0.717, 1.165) is 49.7 Å². The summed E-state index contributed by atoms with van der Waals surface area (Å²) in [4.78, 5) is 39.1. The molecule has 3 aromatic rings. The number of hydrogen-bond donors (Lipinski definition) is 16. The SMILES string of the molecule is NC(=NCCCCc1ccc(C[C@H](N)C(=O)Nc2ccc(CCCN(C[C@H](O)[C@@H](O)[C@H](O)[C@H](O)CO)C[C@H](O)[C@@H](O)[C@H](O)[C@H](O)CO)cc2)c2c1CCCC2)NC(=O)c1nc(Cl)c(N)nc1N. The number of nitrogens with one attached hydrogen (secondary N) is 2. The monoisotopic (exact) mass is 962 g/mol. The van der Waals surface area contributed by atoms with Gasteiger partial charge in [0.2, 0.25) is 5.91 Å². The lowest BCUT2D eigenvalue weighted by Gasteiger charge is -2.33. The molecule has 4 rings (SSSR count). The third-order valence-electron chi connectivity index (χ3n) is 11.7. The Bertz CT molecular complexity index is 2060. The molecule has 1 heterocycles. The van der Waals surface area contributed by atoms with E-state index in [1.54, 1.807) is 12.1 Å². The summed E-state index contributed by atoms with van der Waals surface area (Å²) in [5.74, 6) is -1.44. The highest BCUT2D eigenvalue weighted by Crippen LogP contribution is 2.30. The summed E-state index contributed by atoms with van der Waals surface area (Å²) >= 11 is 5.86. The quantitative estimate of drug-likeness (QED) is 0.0215. The summed E-state index contributed by atoms with van der Waals surface area (Å²) in [6.45, 7) is -1.95. The van der Waals surface area contributed by atoms with E-state index in [2.05, 4.69) is 31.7 Å². The number of hydrogen-bond acceptors (Lipinski definition) is 19. The number of nitrogens with two attached hydrogens (primary N) is 4. The van der Waals surface area contributed by atoms with Gasteiger partial charge in [-0.3, -0.25) is 24.8 Å². The van der Waals surface area contributed by atoms with Gasteiger partial charge >= 0.3 is 0 Å². The smallest absolute Gasteiger partial charge is 0.280 e. The largest absolute Gasteiger partial charge is 0.394 e. The Morgan fingerprint density at radius 1 is 0.731 bits per heavy atom. The van der Waals surface area contributed by atoms with E-state index in [9.17, 15) is 50.4 Å². The molecule has 0 bridgehead atoms. The Labute approximate surface area is 393 Å². The number of benzene rings is 2. The van der Waals surface area contributed by atoms with Gasteiger partial charge in [-0.15, -0.1) is 0 Å². The fraction of sp³-hybridized carbons (Fsp3) is 0.568. The molecule has 9 atom stereocenters. The van der Waals surface area contributed by atoms with Crippen LogP contribution >= 0.6 is 11.6 Å². The van der Waals surface area contributed by atoms with Crippen molar-refractivity contribution in [1.82, 2.24) is 20.2 Å². The Kier molecular flexibility index (Phi) is 22.0. The first-order chi connectivity index (χ1) is 31.8. The molecule has 23 heteroatoms. The topological polar surface area (TPSA) is 406 Å². The van der Waals surface area contributed by atoms with E-state index in [1.807, 2.05) is 18.2 Å². The first kappa shape index (κ1) is 54.9. The molecule has 0 aliphatic heterocycles. The van der Waals surface area contributed by atoms with Gasteiger partial charge < -0.3 is 79.3 Å². The minimum Gasteiger partial charge on any atom is -0.394 e. The molecule has 20 N–H and O–H groups in total. The summed E-state index contributed by atoms with van der Waals surface area (Å²) in [5, 5.41) is 105. The van der Waals surface area contributed by atoms with Gasteiger partial charge in [-0.2, -0.15) is 0 Å². The lowest BCUT2D eigenvalue weighted by Crippen LogP contribution is -2.53. The number of fused-ring (bicyclic) bond motifs is 1.